The van der Waals surface area contributed by atoms with Crippen LogP contribution in [-0.4, -0.2) is 6.61 Å². The third-order valence-corrected chi connectivity index (χ3v) is 5.98. The molecule has 4 rings (SSSR count). The van der Waals surface area contributed by atoms with Crippen molar-refractivity contribution < 1.29 is 9.15 Å². The molecule has 3 heterocycles. The first-order chi connectivity index (χ1) is 11.6. The van der Waals surface area contributed by atoms with Gasteiger partial charge in [0.15, 0.2) is 0 Å². The van der Waals surface area contributed by atoms with E-state index < -0.39 is 0 Å². The lowest BCUT2D eigenvalue weighted by molar-refractivity contribution is -0.0402. The van der Waals surface area contributed by atoms with Gasteiger partial charge in [-0.2, -0.15) is 0 Å². The molecule has 3 unspecified atom stereocenters. The Labute approximate surface area is 144 Å². The van der Waals surface area contributed by atoms with Gasteiger partial charge in [0.2, 0.25) is 0 Å². The van der Waals surface area contributed by atoms with Crippen LogP contribution in [0, 0.1) is 5.92 Å². The SMILES string of the molecule is CCC(C)(C)c1ccc2c(c1)C1OCCCC1C(c1ccco1)N2. The normalized spacial score (nSPS) is 26.4. The van der Waals surface area contributed by atoms with Crippen LogP contribution in [0.5, 0.6) is 0 Å². The molecule has 1 aromatic heterocycles. The van der Waals surface area contributed by atoms with Gasteiger partial charge >= 0.3 is 0 Å². The number of furan rings is 1. The van der Waals surface area contributed by atoms with Crippen LogP contribution >= 0.6 is 0 Å². The molecule has 1 fully saturated rings. The summed E-state index contributed by atoms with van der Waals surface area (Å²) in [6.45, 7) is 7.74. The topological polar surface area (TPSA) is 34.4 Å². The van der Waals surface area contributed by atoms with Crippen LogP contribution in [-0.2, 0) is 10.2 Å². The smallest absolute Gasteiger partial charge is 0.126 e. The lowest BCUT2D eigenvalue weighted by Crippen LogP contribution is -2.36. The van der Waals surface area contributed by atoms with Gasteiger partial charge in [0.25, 0.3) is 0 Å². The summed E-state index contributed by atoms with van der Waals surface area (Å²) in [7, 11) is 0. The van der Waals surface area contributed by atoms with E-state index in [4.69, 9.17) is 9.15 Å². The molecule has 128 valence electrons. The highest BCUT2D eigenvalue weighted by molar-refractivity contribution is 5.58. The predicted octanol–water partition coefficient (Wildman–Crippen LogP) is 5.60. The molecular weight excluding hydrogens is 298 g/mol. The second-order valence-corrected chi connectivity index (χ2v) is 7.77. The zero-order valence-electron chi connectivity index (χ0n) is 14.8. The fraction of sp³-hybridized carbons (Fsp3) is 0.524. The van der Waals surface area contributed by atoms with E-state index in [9.17, 15) is 0 Å². The Bertz CT molecular complexity index is 705. The zero-order chi connectivity index (χ0) is 16.7. The van der Waals surface area contributed by atoms with Gasteiger partial charge in [0, 0.05) is 23.8 Å². The summed E-state index contributed by atoms with van der Waals surface area (Å²) in [6.07, 6.45) is 5.35. The van der Waals surface area contributed by atoms with E-state index in [2.05, 4.69) is 50.4 Å². The summed E-state index contributed by atoms with van der Waals surface area (Å²) in [5.41, 5.74) is 4.10. The minimum atomic E-state index is 0.165. The Morgan fingerprint density at radius 1 is 1.25 bits per heavy atom. The monoisotopic (exact) mass is 325 g/mol. The van der Waals surface area contributed by atoms with Crippen molar-refractivity contribution >= 4 is 5.69 Å². The summed E-state index contributed by atoms with van der Waals surface area (Å²) in [4.78, 5) is 0. The van der Waals surface area contributed by atoms with Gasteiger partial charge in [-0.1, -0.05) is 32.9 Å². The van der Waals surface area contributed by atoms with E-state index >= 15 is 0 Å². The van der Waals surface area contributed by atoms with E-state index in [-0.39, 0.29) is 17.6 Å². The van der Waals surface area contributed by atoms with Crippen LogP contribution < -0.4 is 5.32 Å². The molecule has 1 N–H and O–H groups in total. The van der Waals surface area contributed by atoms with Crippen molar-refractivity contribution in [2.75, 3.05) is 11.9 Å². The third kappa shape index (κ3) is 2.55. The first-order valence-electron chi connectivity index (χ1n) is 9.16. The lowest BCUT2D eigenvalue weighted by Gasteiger charge is -2.43. The quantitative estimate of drug-likeness (QED) is 0.797. The van der Waals surface area contributed by atoms with Crippen molar-refractivity contribution in [3.8, 4) is 0 Å². The number of anilines is 1. The minimum Gasteiger partial charge on any atom is -0.467 e. The first-order valence-corrected chi connectivity index (χ1v) is 9.16. The average molecular weight is 325 g/mol. The Morgan fingerprint density at radius 2 is 2.12 bits per heavy atom. The minimum absolute atomic E-state index is 0.165. The molecule has 0 radical (unpaired) electrons. The maximum atomic E-state index is 6.26. The fourth-order valence-corrected chi connectivity index (χ4v) is 4.05. The highest BCUT2D eigenvalue weighted by atomic mass is 16.5. The van der Waals surface area contributed by atoms with E-state index in [1.54, 1.807) is 6.26 Å². The molecule has 0 spiro atoms. The van der Waals surface area contributed by atoms with Gasteiger partial charge in [0.1, 0.15) is 5.76 Å². The van der Waals surface area contributed by atoms with Gasteiger partial charge in [0.05, 0.1) is 18.4 Å². The molecular formula is C21H27NO2. The van der Waals surface area contributed by atoms with Crippen molar-refractivity contribution in [1.29, 1.82) is 0 Å². The van der Waals surface area contributed by atoms with Crippen LogP contribution in [0.1, 0.15) is 69.1 Å². The van der Waals surface area contributed by atoms with Crippen molar-refractivity contribution in [2.24, 2.45) is 5.92 Å². The molecule has 1 aromatic carbocycles. The molecule has 3 atom stereocenters. The molecule has 0 bridgehead atoms. The van der Waals surface area contributed by atoms with E-state index in [1.165, 1.54) is 23.2 Å². The molecule has 0 aliphatic carbocycles. The number of hydrogen-bond donors (Lipinski definition) is 1. The summed E-state index contributed by atoms with van der Waals surface area (Å²) in [6, 6.07) is 11.1. The molecule has 2 aliphatic rings. The summed E-state index contributed by atoms with van der Waals surface area (Å²) >= 11 is 0. The highest BCUT2D eigenvalue weighted by Gasteiger charge is 2.41. The fourth-order valence-electron chi connectivity index (χ4n) is 4.05. The Kier molecular flexibility index (Phi) is 3.92. The van der Waals surface area contributed by atoms with E-state index in [0.717, 1.165) is 25.2 Å². The van der Waals surface area contributed by atoms with Gasteiger partial charge in [-0.05, 0) is 48.4 Å². The highest BCUT2D eigenvalue weighted by Crippen LogP contribution is 2.50. The van der Waals surface area contributed by atoms with Gasteiger partial charge in [-0.15, -0.1) is 0 Å². The maximum Gasteiger partial charge on any atom is 0.126 e. The standard InChI is InChI=1S/C21H27NO2/c1-4-21(2,3)14-9-10-17-16(13-14)20-15(7-5-12-24-20)19(22-17)18-8-6-11-23-18/h6,8-11,13,15,19-20,22H,4-5,7,12H2,1-3H3. The van der Waals surface area contributed by atoms with Gasteiger partial charge in [-0.3, -0.25) is 0 Å². The van der Waals surface area contributed by atoms with Crippen LogP contribution in [0.4, 0.5) is 5.69 Å². The van der Waals surface area contributed by atoms with Crippen LogP contribution in [0.3, 0.4) is 0 Å². The summed E-state index contributed by atoms with van der Waals surface area (Å²) in [5, 5.41) is 3.72. The predicted molar refractivity (Wildman–Crippen MR) is 96.2 cm³/mol. The maximum absolute atomic E-state index is 6.26. The molecule has 1 saturated heterocycles. The summed E-state index contributed by atoms with van der Waals surface area (Å²) in [5.74, 6) is 1.44. The third-order valence-electron chi connectivity index (χ3n) is 5.98. The molecule has 0 amide bonds. The first kappa shape index (κ1) is 15.8. The number of hydrogen-bond acceptors (Lipinski definition) is 3. The molecule has 2 aliphatic heterocycles. The van der Waals surface area contributed by atoms with E-state index in [1.807, 2.05) is 6.07 Å². The molecule has 2 aromatic rings. The van der Waals surface area contributed by atoms with Crippen molar-refractivity contribution in [2.45, 2.75) is 57.6 Å². The largest absolute Gasteiger partial charge is 0.467 e. The average Bonchev–Trinajstić information content (AvgIpc) is 3.15. The van der Waals surface area contributed by atoms with Crippen molar-refractivity contribution in [1.82, 2.24) is 0 Å². The second-order valence-electron chi connectivity index (χ2n) is 7.77. The Morgan fingerprint density at radius 3 is 2.88 bits per heavy atom. The molecule has 3 heteroatoms. The Hall–Kier alpha value is -1.74. The van der Waals surface area contributed by atoms with Crippen LogP contribution in [0.15, 0.2) is 41.0 Å². The number of ether oxygens (including phenoxy) is 1. The number of benzene rings is 1. The van der Waals surface area contributed by atoms with Crippen molar-refractivity contribution in [3.05, 3.63) is 53.5 Å². The number of rotatable bonds is 3. The molecule has 0 saturated carbocycles. The van der Waals surface area contributed by atoms with Gasteiger partial charge in [-0.25, -0.2) is 0 Å². The van der Waals surface area contributed by atoms with Crippen LogP contribution in [0.2, 0.25) is 0 Å². The Balaban J connectivity index is 1.76. The van der Waals surface area contributed by atoms with E-state index in [0.29, 0.717) is 5.92 Å². The number of fused-ring (bicyclic) bond motifs is 3. The lowest BCUT2D eigenvalue weighted by atomic mass is 9.76. The molecule has 24 heavy (non-hydrogen) atoms. The zero-order valence-corrected chi connectivity index (χ0v) is 14.8. The van der Waals surface area contributed by atoms with Gasteiger partial charge < -0.3 is 14.5 Å². The summed E-state index contributed by atoms with van der Waals surface area (Å²) < 4.78 is 12.0. The second kappa shape index (κ2) is 5.96. The molecule has 3 nitrogen and oxygen atoms in total. The number of nitrogens with one attached hydrogen (secondary N) is 1. The van der Waals surface area contributed by atoms with Crippen molar-refractivity contribution in [3.63, 3.8) is 0 Å². The van der Waals surface area contributed by atoms with Crippen LogP contribution in [0.25, 0.3) is 0 Å².